The second-order valence-corrected chi connectivity index (χ2v) is 16.9. The van der Waals surface area contributed by atoms with Crippen LogP contribution in [-0.4, -0.2) is 38.6 Å². The first-order valence-corrected chi connectivity index (χ1v) is 24.4. The minimum atomic E-state index is 0.222. The zero-order valence-electron chi connectivity index (χ0n) is 37.5. The maximum atomic E-state index is 6.27. The standard InChI is InChI=1S/C44H42Br4O8.3C2H6/c1-25-27(3)39(43(47)41(45)37(25)21-53-31-9-5-29(6-10-31)49-17-35-19-51-35)23-55-33-13-15-34(16-14-33)56-24-40-28(4)26(2)38(42(46)44(40)48)22-54-32-11-7-30(8-12-32)50-18-36-20-52-36;3*1-2/h5-16,35-36H,17-24H2,1-4H3;3*1-2H3. The number of hydrogen-bond acceptors (Lipinski definition) is 8. The van der Waals surface area contributed by atoms with Gasteiger partial charge in [0.15, 0.2) is 0 Å². The van der Waals surface area contributed by atoms with Crippen molar-refractivity contribution in [1.82, 2.24) is 0 Å². The van der Waals surface area contributed by atoms with E-state index in [1.165, 1.54) is 0 Å². The molecule has 0 aliphatic carbocycles. The van der Waals surface area contributed by atoms with Gasteiger partial charge < -0.3 is 37.9 Å². The zero-order chi connectivity index (χ0) is 45.3. The van der Waals surface area contributed by atoms with Crippen LogP contribution >= 0.6 is 63.7 Å². The Morgan fingerprint density at radius 3 is 0.726 bits per heavy atom. The molecule has 62 heavy (non-hydrogen) atoms. The van der Waals surface area contributed by atoms with Gasteiger partial charge in [-0.15, -0.1) is 0 Å². The number of epoxide rings is 2. The molecular weight excluding hydrogens is 1050 g/mol. The average Bonchev–Trinajstić information content (AvgIpc) is 4.27. The highest BCUT2D eigenvalue weighted by Crippen LogP contribution is 2.39. The SMILES string of the molecule is CC.CC.CC.Cc1c(C)c(COc2ccc(OCC3CO3)cc2)c(Br)c(Br)c1COc1ccc(OCc2c(C)c(C)c(COc3ccc(OCC4CO4)cc3)c(Br)c2Br)cc1. The first-order chi connectivity index (χ1) is 30.0. The lowest BCUT2D eigenvalue weighted by molar-refractivity contribution is 0.262. The van der Waals surface area contributed by atoms with Gasteiger partial charge in [-0.05, 0) is 186 Å². The third-order valence-corrected chi connectivity index (χ3v) is 14.6. The summed E-state index contributed by atoms with van der Waals surface area (Å²) in [6.45, 7) is 24.8. The van der Waals surface area contributed by atoms with Crippen molar-refractivity contribution in [3.05, 3.63) is 135 Å². The van der Waals surface area contributed by atoms with Crippen LogP contribution < -0.4 is 28.4 Å². The molecule has 0 saturated carbocycles. The highest BCUT2D eigenvalue weighted by molar-refractivity contribution is 9.13. The van der Waals surface area contributed by atoms with Crippen LogP contribution in [0.15, 0.2) is 90.7 Å². The van der Waals surface area contributed by atoms with Crippen LogP contribution in [0.5, 0.6) is 34.5 Å². The molecule has 12 heteroatoms. The predicted molar refractivity (Wildman–Crippen MR) is 264 cm³/mol. The Hall–Kier alpha value is -3.26. The summed E-state index contributed by atoms with van der Waals surface area (Å²) < 4.78 is 50.6. The maximum absolute atomic E-state index is 6.27. The second kappa shape index (κ2) is 25.9. The summed E-state index contributed by atoms with van der Waals surface area (Å²) in [7, 11) is 0. The van der Waals surface area contributed by atoms with Crippen molar-refractivity contribution in [3.63, 3.8) is 0 Å². The molecular formula is C50H60Br4O8. The number of halogens is 4. The summed E-state index contributed by atoms with van der Waals surface area (Å²) in [5.74, 6) is 4.64. The quantitative estimate of drug-likeness (QED) is 0.0803. The van der Waals surface area contributed by atoms with E-state index < -0.39 is 0 Å². The minimum Gasteiger partial charge on any atom is -0.491 e. The summed E-state index contributed by atoms with van der Waals surface area (Å²) in [6, 6.07) is 23.1. The van der Waals surface area contributed by atoms with Crippen molar-refractivity contribution < 1.29 is 37.9 Å². The number of hydrogen-bond donors (Lipinski definition) is 0. The Morgan fingerprint density at radius 1 is 0.371 bits per heavy atom. The molecule has 0 bridgehead atoms. The van der Waals surface area contributed by atoms with Crippen LogP contribution in [0.1, 0.15) is 86.1 Å². The molecule has 2 saturated heterocycles. The summed E-state index contributed by atoms with van der Waals surface area (Å²) in [5, 5.41) is 0. The molecule has 0 aromatic heterocycles. The summed E-state index contributed by atoms with van der Waals surface area (Å²) >= 11 is 15.3. The number of benzene rings is 5. The lowest BCUT2D eigenvalue weighted by Gasteiger charge is -2.20. The third-order valence-electron chi connectivity index (χ3n) is 10.1. The largest absolute Gasteiger partial charge is 0.491 e. The molecule has 0 radical (unpaired) electrons. The van der Waals surface area contributed by atoms with Gasteiger partial charge in [-0.3, -0.25) is 0 Å². The molecule has 2 fully saturated rings. The Balaban J connectivity index is 0.00000135. The van der Waals surface area contributed by atoms with Crippen LogP contribution in [0.3, 0.4) is 0 Å². The van der Waals surface area contributed by atoms with Gasteiger partial charge in [0, 0.05) is 40.1 Å². The van der Waals surface area contributed by atoms with E-state index in [9.17, 15) is 0 Å². The normalized spacial score (nSPS) is 14.4. The van der Waals surface area contributed by atoms with E-state index in [2.05, 4.69) is 91.4 Å². The molecule has 8 nitrogen and oxygen atoms in total. The van der Waals surface area contributed by atoms with Crippen LogP contribution in [-0.2, 0) is 35.9 Å². The molecule has 2 aliphatic heterocycles. The molecule has 2 heterocycles. The lowest BCUT2D eigenvalue weighted by atomic mass is 9.98. The number of rotatable bonds is 18. The molecule has 336 valence electrons. The molecule has 5 aromatic carbocycles. The zero-order valence-corrected chi connectivity index (χ0v) is 43.9. The highest BCUT2D eigenvalue weighted by atomic mass is 79.9. The fraction of sp³-hybridized carbons (Fsp3) is 0.400. The predicted octanol–water partition coefficient (Wildman–Crippen LogP) is 14.9. The van der Waals surface area contributed by atoms with E-state index in [1.54, 1.807) is 0 Å². The van der Waals surface area contributed by atoms with Crippen molar-refractivity contribution in [1.29, 1.82) is 0 Å². The molecule has 0 spiro atoms. The van der Waals surface area contributed by atoms with Crippen LogP contribution in [0.25, 0.3) is 0 Å². The molecule has 0 N–H and O–H groups in total. The first-order valence-electron chi connectivity index (χ1n) is 21.3. The van der Waals surface area contributed by atoms with Crippen molar-refractivity contribution in [2.45, 2.75) is 108 Å². The molecule has 2 atom stereocenters. The lowest BCUT2D eigenvalue weighted by Crippen LogP contribution is -2.08. The van der Waals surface area contributed by atoms with Gasteiger partial charge in [-0.1, -0.05) is 41.5 Å². The first kappa shape index (κ1) is 51.4. The van der Waals surface area contributed by atoms with Crippen molar-refractivity contribution in [2.24, 2.45) is 0 Å². The molecule has 0 amide bonds. The monoisotopic (exact) mass is 1100 g/mol. The van der Waals surface area contributed by atoms with E-state index >= 15 is 0 Å². The average molecular weight is 1110 g/mol. The van der Waals surface area contributed by atoms with E-state index in [1.807, 2.05) is 114 Å². The van der Waals surface area contributed by atoms with E-state index in [0.717, 1.165) is 110 Å². The fourth-order valence-corrected chi connectivity index (χ4v) is 8.61. The topological polar surface area (TPSA) is 80.4 Å². The Labute approximate surface area is 402 Å². The highest BCUT2D eigenvalue weighted by Gasteiger charge is 2.24. The molecule has 5 aromatic rings. The van der Waals surface area contributed by atoms with Gasteiger partial charge in [-0.2, -0.15) is 0 Å². The third kappa shape index (κ3) is 14.4. The van der Waals surface area contributed by atoms with Gasteiger partial charge in [0.05, 0.1) is 13.2 Å². The van der Waals surface area contributed by atoms with Crippen LogP contribution in [0.2, 0.25) is 0 Å². The smallest absolute Gasteiger partial charge is 0.120 e. The Bertz CT molecular complexity index is 1940. The van der Waals surface area contributed by atoms with E-state index in [4.69, 9.17) is 37.9 Å². The molecule has 7 rings (SSSR count). The summed E-state index contributed by atoms with van der Waals surface area (Å²) in [6.07, 6.45) is 0.445. The molecule has 2 unspecified atom stereocenters. The maximum Gasteiger partial charge on any atom is 0.120 e. The van der Waals surface area contributed by atoms with Gasteiger partial charge >= 0.3 is 0 Å². The minimum absolute atomic E-state index is 0.222. The Kier molecular flexibility index (Phi) is 21.5. The fourth-order valence-electron chi connectivity index (χ4n) is 6.01. The Morgan fingerprint density at radius 2 is 0.548 bits per heavy atom. The summed E-state index contributed by atoms with van der Waals surface area (Å²) in [5.41, 5.74) is 8.86. The van der Waals surface area contributed by atoms with Crippen molar-refractivity contribution in [2.75, 3.05) is 26.4 Å². The van der Waals surface area contributed by atoms with Gasteiger partial charge in [0.25, 0.3) is 0 Å². The van der Waals surface area contributed by atoms with Gasteiger partial charge in [-0.25, -0.2) is 0 Å². The summed E-state index contributed by atoms with van der Waals surface area (Å²) in [4.78, 5) is 0. The second-order valence-electron chi connectivity index (χ2n) is 13.8. The number of ether oxygens (including phenoxy) is 8. The van der Waals surface area contributed by atoms with E-state index in [0.29, 0.717) is 39.6 Å². The van der Waals surface area contributed by atoms with Crippen LogP contribution in [0.4, 0.5) is 0 Å². The van der Waals surface area contributed by atoms with E-state index in [-0.39, 0.29) is 12.2 Å². The van der Waals surface area contributed by atoms with Gasteiger partial charge in [0.2, 0.25) is 0 Å². The van der Waals surface area contributed by atoms with Gasteiger partial charge in [0.1, 0.15) is 86.3 Å². The van der Waals surface area contributed by atoms with Crippen molar-refractivity contribution in [3.8, 4) is 34.5 Å². The van der Waals surface area contributed by atoms with Crippen LogP contribution in [0, 0.1) is 27.7 Å². The van der Waals surface area contributed by atoms with Crippen molar-refractivity contribution >= 4 is 63.7 Å². The molecule has 2 aliphatic rings.